The van der Waals surface area contributed by atoms with Crippen LogP contribution in [-0.4, -0.2) is 118 Å². The molecule has 4 fully saturated rings. The Morgan fingerprint density at radius 3 is 2.67 bits per heavy atom. The maximum atomic E-state index is 14.5. The number of carbonyl (C=O) groups is 3. The van der Waals surface area contributed by atoms with Gasteiger partial charge in [0.15, 0.2) is 0 Å². The van der Waals surface area contributed by atoms with E-state index in [9.17, 15) is 19.5 Å². The highest BCUT2D eigenvalue weighted by molar-refractivity contribution is 8.02. The number of morpholine rings is 1. The van der Waals surface area contributed by atoms with E-state index >= 15 is 0 Å². The Hall–Kier alpha value is -1.88. The van der Waals surface area contributed by atoms with E-state index in [0.717, 1.165) is 25.9 Å². The lowest BCUT2D eigenvalue weighted by Gasteiger charge is -2.40. The molecule has 6 atom stereocenters. The number of carbonyl (C=O) groups excluding carboxylic acids is 3. The highest BCUT2D eigenvalue weighted by Crippen LogP contribution is 2.71. The molecule has 1 N–H and O–H groups in total. The number of thioether (sulfide) groups is 1. The minimum atomic E-state index is -0.748. The summed E-state index contributed by atoms with van der Waals surface area (Å²) in [7, 11) is 0. The van der Waals surface area contributed by atoms with Gasteiger partial charge in [0.25, 0.3) is 0 Å². The van der Waals surface area contributed by atoms with Crippen LogP contribution in [0.3, 0.4) is 0 Å². The highest BCUT2D eigenvalue weighted by Gasteiger charge is 2.78. The van der Waals surface area contributed by atoms with Gasteiger partial charge in [-0.1, -0.05) is 19.1 Å². The van der Waals surface area contributed by atoms with Crippen molar-refractivity contribution in [3.8, 4) is 0 Å². The fraction of sp³-hybridized carbons (Fsp3) is 0.759. The fourth-order valence-corrected chi connectivity index (χ4v) is 9.33. The van der Waals surface area contributed by atoms with Crippen molar-refractivity contribution in [2.24, 2.45) is 11.8 Å². The molecule has 0 saturated carbocycles. The van der Waals surface area contributed by atoms with Crippen LogP contribution < -0.4 is 0 Å². The van der Waals surface area contributed by atoms with E-state index in [1.807, 2.05) is 13.8 Å². The average molecular weight is 564 g/mol. The lowest BCUT2D eigenvalue weighted by Crippen LogP contribution is -2.58. The highest BCUT2D eigenvalue weighted by atomic mass is 32.2. The predicted molar refractivity (Wildman–Crippen MR) is 151 cm³/mol. The number of amides is 2. The van der Waals surface area contributed by atoms with Gasteiger partial charge in [0.1, 0.15) is 6.04 Å². The molecule has 9 nitrogen and oxygen atoms in total. The van der Waals surface area contributed by atoms with Gasteiger partial charge in [-0.2, -0.15) is 0 Å². The van der Waals surface area contributed by atoms with Crippen LogP contribution in [0.5, 0.6) is 0 Å². The molecule has 0 radical (unpaired) electrons. The number of ether oxygens (including phenoxy) is 2. The lowest BCUT2D eigenvalue weighted by molar-refractivity contribution is -0.156. The Bertz CT molecular complexity index is 938. The molecule has 4 aliphatic rings. The van der Waals surface area contributed by atoms with Gasteiger partial charge < -0.3 is 24.4 Å². The quantitative estimate of drug-likeness (QED) is 0.195. The van der Waals surface area contributed by atoms with Gasteiger partial charge in [-0.3, -0.25) is 19.3 Å². The zero-order chi connectivity index (χ0) is 28.2. The number of unbranched alkanes of at least 4 members (excludes halogenated alkanes) is 1. The van der Waals surface area contributed by atoms with E-state index in [-0.39, 0.29) is 31.0 Å². The minimum absolute atomic E-state index is 0.123. The third kappa shape index (κ3) is 5.54. The van der Waals surface area contributed by atoms with Crippen LogP contribution in [0, 0.1) is 11.8 Å². The number of fused-ring (bicyclic) bond motifs is 1. The first-order valence-electron chi connectivity index (χ1n) is 14.4. The first kappa shape index (κ1) is 30.1. The van der Waals surface area contributed by atoms with Gasteiger partial charge in [0.05, 0.1) is 49.1 Å². The second-order valence-electron chi connectivity index (χ2n) is 11.3. The lowest BCUT2D eigenvalue weighted by atomic mass is 9.66. The molecule has 0 aromatic heterocycles. The second-order valence-corrected chi connectivity index (χ2v) is 13.2. The zero-order valence-electron chi connectivity index (χ0n) is 23.5. The molecule has 4 rings (SSSR count). The molecule has 39 heavy (non-hydrogen) atoms. The first-order valence-corrected chi connectivity index (χ1v) is 15.2. The van der Waals surface area contributed by atoms with Crippen molar-refractivity contribution in [2.75, 3.05) is 59.2 Å². The summed E-state index contributed by atoms with van der Waals surface area (Å²) in [6, 6.07) is -1.24. The smallest absolute Gasteiger partial charge is 0.311 e. The van der Waals surface area contributed by atoms with Crippen molar-refractivity contribution < 1.29 is 29.0 Å². The van der Waals surface area contributed by atoms with Crippen LogP contribution in [0.15, 0.2) is 25.3 Å². The van der Waals surface area contributed by atoms with Crippen LogP contribution >= 0.6 is 11.8 Å². The fourth-order valence-electron chi connectivity index (χ4n) is 7.01. The number of aliphatic hydroxyl groups is 1. The second kappa shape index (κ2) is 12.7. The minimum Gasteiger partial charge on any atom is -0.465 e. The number of allylic oxidation sites excluding steroid dienone is 1. The molecule has 0 aliphatic carbocycles. The summed E-state index contributed by atoms with van der Waals surface area (Å²) in [4.78, 5) is 47.9. The molecule has 1 spiro atoms. The standard InChI is InChI=1S/C29H45N3O6S/c1-5-8-9-17-38-27(36)23-22-25(34)32(21(7-3)20-33)24(29(22)11-10-28(23,4)39-29)26(35)31(12-6-2)14-13-30-15-18-37-19-16-30/h5-6,21-24,33H,1-2,7-20H2,3-4H3/t21-,22-,23-,24?,28+,29?/m0/s1. The van der Waals surface area contributed by atoms with Crippen molar-refractivity contribution in [3.05, 3.63) is 25.3 Å². The average Bonchev–Trinajstić information content (AvgIpc) is 3.51. The van der Waals surface area contributed by atoms with Gasteiger partial charge in [0, 0.05) is 37.5 Å². The first-order chi connectivity index (χ1) is 18.8. The summed E-state index contributed by atoms with van der Waals surface area (Å²) in [5.41, 5.74) is 0. The van der Waals surface area contributed by atoms with Crippen LogP contribution in [-0.2, 0) is 23.9 Å². The van der Waals surface area contributed by atoms with E-state index in [2.05, 4.69) is 18.1 Å². The summed E-state index contributed by atoms with van der Waals surface area (Å²) in [5, 5.41) is 10.3. The molecule has 10 heteroatoms. The molecule has 0 aromatic carbocycles. The number of esters is 1. The Morgan fingerprint density at radius 2 is 2.03 bits per heavy atom. The number of rotatable bonds is 14. The van der Waals surface area contributed by atoms with Gasteiger partial charge >= 0.3 is 5.97 Å². The van der Waals surface area contributed by atoms with Gasteiger partial charge in [-0.25, -0.2) is 0 Å². The molecule has 4 heterocycles. The molecular weight excluding hydrogens is 518 g/mol. The summed E-state index contributed by atoms with van der Waals surface area (Å²) in [5.74, 6) is -1.94. The third-order valence-corrected chi connectivity index (χ3v) is 11.0. The van der Waals surface area contributed by atoms with Crippen LogP contribution in [0.2, 0.25) is 0 Å². The van der Waals surface area contributed by atoms with Crippen LogP contribution in [0.25, 0.3) is 0 Å². The summed E-state index contributed by atoms with van der Waals surface area (Å²) >= 11 is 1.63. The maximum absolute atomic E-state index is 14.5. The van der Waals surface area contributed by atoms with E-state index < -0.39 is 33.4 Å². The summed E-state index contributed by atoms with van der Waals surface area (Å²) < 4.78 is 9.95. The van der Waals surface area contributed by atoms with E-state index in [0.29, 0.717) is 52.1 Å². The maximum Gasteiger partial charge on any atom is 0.311 e. The van der Waals surface area contributed by atoms with Crippen molar-refractivity contribution in [1.29, 1.82) is 0 Å². The van der Waals surface area contributed by atoms with Crippen molar-refractivity contribution in [2.45, 2.75) is 67.5 Å². The predicted octanol–water partition coefficient (Wildman–Crippen LogP) is 2.09. The molecule has 218 valence electrons. The number of nitrogens with zero attached hydrogens (tertiary/aromatic N) is 3. The van der Waals surface area contributed by atoms with Gasteiger partial charge in [-0.05, 0) is 39.0 Å². The van der Waals surface area contributed by atoms with Gasteiger partial charge in [0.2, 0.25) is 11.8 Å². The third-order valence-electron chi connectivity index (χ3n) is 9.03. The Labute approximate surface area is 236 Å². The molecule has 2 unspecified atom stereocenters. The van der Waals surface area contributed by atoms with E-state index in [1.54, 1.807) is 33.7 Å². The summed E-state index contributed by atoms with van der Waals surface area (Å²) in [6.07, 6.45) is 6.87. The number of aliphatic hydroxyl groups excluding tert-OH is 1. The Morgan fingerprint density at radius 1 is 1.28 bits per heavy atom. The molecule has 4 aliphatic heterocycles. The number of hydrogen-bond acceptors (Lipinski definition) is 8. The zero-order valence-corrected chi connectivity index (χ0v) is 24.3. The van der Waals surface area contributed by atoms with Crippen molar-refractivity contribution >= 4 is 29.5 Å². The Balaban J connectivity index is 1.64. The van der Waals surface area contributed by atoms with Gasteiger partial charge in [-0.15, -0.1) is 24.9 Å². The molecule has 2 amide bonds. The SMILES string of the molecule is C=CCCCOC(=O)[C@@H]1[C@H]2C(=O)N([C@@H](CC)CO)C(C(=O)N(CC=C)CCN3CCOCC3)C23CC[C@@]1(C)S3. The largest absolute Gasteiger partial charge is 0.465 e. The molecular formula is C29H45N3O6S. The molecule has 4 saturated heterocycles. The van der Waals surface area contributed by atoms with E-state index in [1.165, 1.54) is 0 Å². The summed E-state index contributed by atoms with van der Waals surface area (Å²) in [6.45, 7) is 16.2. The molecule has 0 aromatic rings. The monoisotopic (exact) mass is 563 g/mol. The normalized spacial score (nSPS) is 32.6. The number of likely N-dealkylation sites (tertiary alicyclic amines) is 1. The number of hydrogen-bond donors (Lipinski definition) is 1. The Kier molecular flexibility index (Phi) is 9.83. The van der Waals surface area contributed by atoms with Crippen LogP contribution in [0.4, 0.5) is 0 Å². The van der Waals surface area contributed by atoms with Crippen molar-refractivity contribution in [1.82, 2.24) is 14.7 Å². The van der Waals surface area contributed by atoms with Crippen LogP contribution in [0.1, 0.15) is 46.0 Å². The molecule has 2 bridgehead atoms. The van der Waals surface area contributed by atoms with E-state index in [4.69, 9.17) is 9.47 Å². The van der Waals surface area contributed by atoms with Crippen molar-refractivity contribution in [3.63, 3.8) is 0 Å². The topological polar surface area (TPSA) is 99.6 Å².